The van der Waals surface area contributed by atoms with Crippen molar-refractivity contribution in [2.45, 2.75) is 71.4 Å². The fourth-order valence-electron chi connectivity index (χ4n) is 3.53. The highest BCUT2D eigenvalue weighted by atomic mass is 15.2. The van der Waals surface area contributed by atoms with Crippen LogP contribution >= 0.6 is 0 Å². The van der Waals surface area contributed by atoms with E-state index in [-0.39, 0.29) is 0 Å². The van der Waals surface area contributed by atoms with Gasteiger partial charge in [0.15, 0.2) is 0 Å². The third-order valence-corrected chi connectivity index (χ3v) is 4.59. The molecule has 1 N–H and O–H groups in total. The molecule has 2 heterocycles. The SMILES string of the molecule is CC(CC1CCCCN1)N1CCCC(C)(C)C1. The van der Waals surface area contributed by atoms with Gasteiger partial charge in [-0.1, -0.05) is 20.3 Å². The van der Waals surface area contributed by atoms with Gasteiger partial charge in [0.2, 0.25) is 0 Å². The Hall–Kier alpha value is -0.0800. The third-order valence-electron chi connectivity index (χ3n) is 4.59. The Balaban J connectivity index is 1.80. The summed E-state index contributed by atoms with van der Waals surface area (Å²) in [5, 5.41) is 3.68. The van der Waals surface area contributed by atoms with Crippen LogP contribution in [0, 0.1) is 5.41 Å². The van der Waals surface area contributed by atoms with E-state index in [4.69, 9.17) is 0 Å². The molecule has 17 heavy (non-hydrogen) atoms. The molecule has 0 aromatic rings. The Labute approximate surface area is 107 Å². The zero-order valence-corrected chi connectivity index (χ0v) is 12.0. The van der Waals surface area contributed by atoms with Crippen LogP contribution in [-0.4, -0.2) is 36.6 Å². The van der Waals surface area contributed by atoms with Crippen LogP contribution in [0.2, 0.25) is 0 Å². The van der Waals surface area contributed by atoms with E-state index in [1.165, 1.54) is 58.2 Å². The second kappa shape index (κ2) is 5.71. The van der Waals surface area contributed by atoms with Gasteiger partial charge in [-0.2, -0.15) is 0 Å². The maximum Gasteiger partial charge on any atom is 0.00819 e. The van der Waals surface area contributed by atoms with Gasteiger partial charge in [0, 0.05) is 18.6 Å². The molecule has 100 valence electrons. The molecule has 0 radical (unpaired) electrons. The molecule has 0 aromatic heterocycles. The van der Waals surface area contributed by atoms with Crippen LogP contribution in [0.25, 0.3) is 0 Å². The maximum absolute atomic E-state index is 3.68. The van der Waals surface area contributed by atoms with Gasteiger partial charge in [-0.25, -0.2) is 0 Å². The summed E-state index contributed by atoms with van der Waals surface area (Å²) in [6.45, 7) is 11.1. The standard InChI is InChI=1S/C15H30N2/c1-13(11-14-7-4-5-9-16-14)17-10-6-8-15(2,3)12-17/h13-14,16H,4-12H2,1-3H3. The van der Waals surface area contributed by atoms with E-state index in [1.54, 1.807) is 0 Å². The van der Waals surface area contributed by atoms with Crippen LogP contribution in [-0.2, 0) is 0 Å². The molecule has 0 aromatic carbocycles. The molecule has 2 aliphatic rings. The van der Waals surface area contributed by atoms with Crippen LogP contribution in [0.4, 0.5) is 0 Å². The molecule has 0 aliphatic carbocycles. The summed E-state index contributed by atoms with van der Waals surface area (Å²) < 4.78 is 0. The van der Waals surface area contributed by atoms with E-state index in [0.29, 0.717) is 5.41 Å². The highest BCUT2D eigenvalue weighted by Crippen LogP contribution is 2.30. The Morgan fingerprint density at radius 3 is 2.76 bits per heavy atom. The Bertz CT molecular complexity index is 231. The highest BCUT2D eigenvalue weighted by Gasteiger charge is 2.29. The van der Waals surface area contributed by atoms with E-state index in [0.717, 1.165) is 12.1 Å². The van der Waals surface area contributed by atoms with Gasteiger partial charge in [-0.05, 0) is 57.5 Å². The van der Waals surface area contributed by atoms with Crippen molar-refractivity contribution in [1.29, 1.82) is 0 Å². The first-order chi connectivity index (χ1) is 8.07. The van der Waals surface area contributed by atoms with Crippen molar-refractivity contribution in [3.05, 3.63) is 0 Å². The van der Waals surface area contributed by atoms with Crippen LogP contribution in [0.15, 0.2) is 0 Å². The molecule has 2 aliphatic heterocycles. The summed E-state index contributed by atoms with van der Waals surface area (Å²) in [6, 6.07) is 1.54. The Morgan fingerprint density at radius 2 is 2.12 bits per heavy atom. The van der Waals surface area contributed by atoms with Gasteiger partial charge >= 0.3 is 0 Å². The molecular formula is C15H30N2. The highest BCUT2D eigenvalue weighted by molar-refractivity contribution is 4.85. The fourth-order valence-corrected chi connectivity index (χ4v) is 3.53. The zero-order chi connectivity index (χ0) is 12.3. The van der Waals surface area contributed by atoms with E-state index >= 15 is 0 Å². The second-order valence-corrected chi connectivity index (χ2v) is 6.97. The lowest BCUT2D eigenvalue weighted by atomic mass is 9.83. The predicted octanol–water partition coefficient (Wildman–Crippen LogP) is 3.03. The monoisotopic (exact) mass is 238 g/mol. The van der Waals surface area contributed by atoms with Gasteiger partial charge in [-0.15, -0.1) is 0 Å². The molecule has 2 nitrogen and oxygen atoms in total. The Morgan fingerprint density at radius 1 is 1.29 bits per heavy atom. The van der Waals surface area contributed by atoms with E-state index < -0.39 is 0 Å². The minimum Gasteiger partial charge on any atom is -0.314 e. The molecule has 2 atom stereocenters. The van der Waals surface area contributed by atoms with E-state index in [9.17, 15) is 0 Å². The molecular weight excluding hydrogens is 208 g/mol. The normalized spacial score (nSPS) is 32.3. The molecule has 2 heteroatoms. The number of nitrogens with one attached hydrogen (secondary N) is 1. The molecule has 2 fully saturated rings. The van der Waals surface area contributed by atoms with Crippen molar-refractivity contribution < 1.29 is 0 Å². The lowest BCUT2D eigenvalue weighted by molar-refractivity contribution is 0.0751. The average Bonchev–Trinajstić information content (AvgIpc) is 2.29. The molecule has 0 saturated carbocycles. The van der Waals surface area contributed by atoms with Gasteiger partial charge in [0.25, 0.3) is 0 Å². The van der Waals surface area contributed by atoms with Crippen LogP contribution in [0.1, 0.15) is 59.3 Å². The van der Waals surface area contributed by atoms with E-state index in [2.05, 4.69) is 31.0 Å². The van der Waals surface area contributed by atoms with Gasteiger partial charge in [0.05, 0.1) is 0 Å². The number of rotatable bonds is 3. The molecule has 0 bridgehead atoms. The second-order valence-electron chi connectivity index (χ2n) is 6.97. The number of nitrogens with zero attached hydrogens (tertiary/aromatic N) is 1. The van der Waals surface area contributed by atoms with Crippen LogP contribution < -0.4 is 5.32 Å². The predicted molar refractivity (Wildman–Crippen MR) is 74.3 cm³/mol. The summed E-state index contributed by atoms with van der Waals surface area (Å²) in [7, 11) is 0. The molecule has 2 unspecified atom stereocenters. The zero-order valence-electron chi connectivity index (χ0n) is 12.0. The lowest BCUT2D eigenvalue weighted by Crippen LogP contribution is -2.47. The topological polar surface area (TPSA) is 15.3 Å². The Kier molecular flexibility index (Phi) is 4.48. The number of likely N-dealkylation sites (tertiary alicyclic amines) is 1. The van der Waals surface area contributed by atoms with Gasteiger partial charge in [0.1, 0.15) is 0 Å². The fraction of sp³-hybridized carbons (Fsp3) is 1.00. The van der Waals surface area contributed by atoms with Gasteiger partial charge < -0.3 is 10.2 Å². The van der Waals surface area contributed by atoms with Crippen LogP contribution in [0.3, 0.4) is 0 Å². The van der Waals surface area contributed by atoms with Crippen molar-refractivity contribution in [2.24, 2.45) is 5.41 Å². The number of piperidine rings is 2. The van der Waals surface area contributed by atoms with Crippen molar-refractivity contribution in [3.8, 4) is 0 Å². The summed E-state index contributed by atoms with van der Waals surface area (Å²) in [5.41, 5.74) is 0.534. The number of hydrogen-bond donors (Lipinski definition) is 1. The molecule has 2 saturated heterocycles. The van der Waals surface area contributed by atoms with Crippen LogP contribution in [0.5, 0.6) is 0 Å². The molecule has 0 spiro atoms. The summed E-state index contributed by atoms with van der Waals surface area (Å²) in [6.07, 6.45) is 8.32. The summed E-state index contributed by atoms with van der Waals surface area (Å²) in [5.74, 6) is 0. The van der Waals surface area contributed by atoms with Gasteiger partial charge in [-0.3, -0.25) is 0 Å². The minimum atomic E-state index is 0.534. The first-order valence-corrected chi connectivity index (χ1v) is 7.54. The van der Waals surface area contributed by atoms with E-state index in [1.807, 2.05) is 0 Å². The maximum atomic E-state index is 3.68. The van der Waals surface area contributed by atoms with Crippen molar-refractivity contribution in [3.63, 3.8) is 0 Å². The lowest BCUT2D eigenvalue weighted by Gasteiger charge is -2.42. The average molecular weight is 238 g/mol. The van der Waals surface area contributed by atoms with Crippen molar-refractivity contribution in [2.75, 3.05) is 19.6 Å². The quantitative estimate of drug-likeness (QED) is 0.813. The summed E-state index contributed by atoms with van der Waals surface area (Å²) >= 11 is 0. The summed E-state index contributed by atoms with van der Waals surface area (Å²) in [4.78, 5) is 2.72. The van der Waals surface area contributed by atoms with Crippen molar-refractivity contribution in [1.82, 2.24) is 10.2 Å². The number of hydrogen-bond acceptors (Lipinski definition) is 2. The first kappa shape index (κ1) is 13.4. The third kappa shape index (κ3) is 3.96. The molecule has 2 rings (SSSR count). The smallest absolute Gasteiger partial charge is 0.00819 e. The molecule has 0 amide bonds. The largest absolute Gasteiger partial charge is 0.314 e. The van der Waals surface area contributed by atoms with Crippen molar-refractivity contribution >= 4 is 0 Å². The first-order valence-electron chi connectivity index (χ1n) is 7.54. The minimum absolute atomic E-state index is 0.534.